The van der Waals surface area contributed by atoms with E-state index in [9.17, 15) is 0 Å². The Balaban J connectivity index is 0.00000192. The van der Waals surface area contributed by atoms with Gasteiger partial charge in [0.1, 0.15) is 11.6 Å². The third-order valence-corrected chi connectivity index (χ3v) is 4.99. The van der Waals surface area contributed by atoms with Crippen LogP contribution in [0.4, 0.5) is 5.69 Å². The van der Waals surface area contributed by atoms with E-state index in [0.29, 0.717) is 17.8 Å². The van der Waals surface area contributed by atoms with Crippen molar-refractivity contribution in [3.63, 3.8) is 0 Å². The Bertz CT molecular complexity index is 653. The van der Waals surface area contributed by atoms with Crippen molar-refractivity contribution in [2.24, 2.45) is 10.7 Å². The fraction of sp³-hybridized carbons (Fsp3) is 0.353. The molecule has 3 rings (SSSR count). The highest BCUT2D eigenvalue weighted by Crippen LogP contribution is 2.30. The zero-order valence-electron chi connectivity index (χ0n) is 12.7. The minimum absolute atomic E-state index is 0. The van der Waals surface area contributed by atoms with Crippen LogP contribution in [0, 0.1) is 0 Å². The van der Waals surface area contributed by atoms with Crippen molar-refractivity contribution < 1.29 is 4.74 Å². The van der Waals surface area contributed by atoms with Gasteiger partial charge in [-0.25, -0.2) is 4.99 Å². The van der Waals surface area contributed by atoms with Gasteiger partial charge in [0.15, 0.2) is 0 Å². The number of alkyl halides is 1. The molecule has 1 saturated carbocycles. The molecule has 2 aromatic rings. The summed E-state index contributed by atoms with van der Waals surface area (Å²) in [6, 6.07) is 9.77. The fourth-order valence-corrected chi connectivity index (χ4v) is 3.50. The highest BCUT2D eigenvalue weighted by molar-refractivity contribution is 7.12. The van der Waals surface area contributed by atoms with Crippen LogP contribution in [0.3, 0.4) is 0 Å². The molecule has 0 saturated heterocycles. The van der Waals surface area contributed by atoms with Crippen LogP contribution >= 0.6 is 35.3 Å². The van der Waals surface area contributed by atoms with Crippen LogP contribution in [0.2, 0.25) is 0 Å². The number of rotatable bonds is 5. The Morgan fingerprint density at radius 3 is 2.74 bits per heavy atom. The molecule has 1 aromatic heterocycles. The zero-order valence-corrected chi connectivity index (χ0v) is 15.1. The number of ether oxygens (including phenoxy) is 1. The molecule has 1 fully saturated rings. The number of amidine groups is 1. The first kappa shape index (κ1) is 18.1. The molecule has 0 atom stereocenters. The molecule has 124 valence electrons. The second kappa shape index (κ2) is 8.57. The van der Waals surface area contributed by atoms with E-state index in [1.165, 1.54) is 12.8 Å². The Kier molecular flexibility index (Phi) is 6.75. The standard InChI is InChI=1S/C17H19ClN2OS.ClH/c18-11-12-10-13(20-17(19)16-6-3-9-22-16)7-8-15(12)21-14-4-1-2-5-14;/h3,6-10,14H,1-2,4-5,11H2,(H2,19,20);1H. The van der Waals surface area contributed by atoms with E-state index in [1.54, 1.807) is 11.3 Å². The molecule has 1 aliphatic carbocycles. The van der Waals surface area contributed by atoms with Gasteiger partial charge in [-0.1, -0.05) is 6.07 Å². The topological polar surface area (TPSA) is 47.6 Å². The predicted octanol–water partition coefficient (Wildman–Crippen LogP) is 5.27. The molecule has 1 heterocycles. The van der Waals surface area contributed by atoms with Crippen LogP contribution in [-0.2, 0) is 5.88 Å². The lowest BCUT2D eigenvalue weighted by atomic mass is 10.2. The normalized spacial score (nSPS) is 15.4. The number of hydrogen-bond donors (Lipinski definition) is 1. The van der Waals surface area contributed by atoms with Crippen molar-refractivity contribution in [3.8, 4) is 5.75 Å². The van der Waals surface area contributed by atoms with E-state index in [1.807, 2.05) is 35.7 Å². The molecule has 0 aliphatic heterocycles. The second-order valence-electron chi connectivity index (χ2n) is 5.42. The number of halogens is 2. The van der Waals surface area contributed by atoms with Crippen LogP contribution < -0.4 is 10.5 Å². The minimum atomic E-state index is 0. The van der Waals surface area contributed by atoms with Crippen LogP contribution in [0.25, 0.3) is 0 Å². The van der Waals surface area contributed by atoms with E-state index < -0.39 is 0 Å². The molecule has 1 aliphatic rings. The second-order valence-corrected chi connectivity index (χ2v) is 6.64. The Hall–Kier alpha value is -1.23. The summed E-state index contributed by atoms with van der Waals surface area (Å²) in [6.45, 7) is 0. The molecular weight excluding hydrogens is 351 g/mol. The summed E-state index contributed by atoms with van der Waals surface area (Å²) in [7, 11) is 0. The van der Waals surface area contributed by atoms with Gasteiger partial charge in [0.05, 0.1) is 22.5 Å². The molecule has 0 radical (unpaired) electrons. The molecular formula is C17H20Cl2N2OS. The SMILES string of the molecule is Cl.NC(=Nc1ccc(OC2CCCC2)c(CCl)c1)c1cccs1. The Morgan fingerprint density at radius 1 is 1.30 bits per heavy atom. The molecule has 0 amide bonds. The highest BCUT2D eigenvalue weighted by atomic mass is 35.5. The number of hydrogen-bond acceptors (Lipinski definition) is 3. The van der Waals surface area contributed by atoms with E-state index in [-0.39, 0.29) is 12.4 Å². The van der Waals surface area contributed by atoms with Crippen molar-refractivity contribution in [3.05, 3.63) is 46.2 Å². The van der Waals surface area contributed by atoms with Gasteiger partial charge < -0.3 is 10.5 Å². The van der Waals surface area contributed by atoms with Gasteiger partial charge in [0.2, 0.25) is 0 Å². The van der Waals surface area contributed by atoms with Crippen molar-refractivity contribution in [1.82, 2.24) is 0 Å². The van der Waals surface area contributed by atoms with Crippen LogP contribution in [0.1, 0.15) is 36.1 Å². The summed E-state index contributed by atoms with van der Waals surface area (Å²) >= 11 is 7.65. The number of nitrogens with two attached hydrogens (primary N) is 1. The average molecular weight is 371 g/mol. The van der Waals surface area contributed by atoms with Crippen LogP contribution in [0.5, 0.6) is 5.75 Å². The largest absolute Gasteiger partial charge is 0.490 e. The van der Waals surface area contributed by atoms with Gasteiger partial charge in [-0.2, -0.15) is 0 Å². The molecule has 23 heavy (non-hydrogen) atoms. The number of aliphatic imine (C=N–C) groups is 1. The van der Waals surface area contributed by atoms with Gasteiger partial charge in [0, 0.05) is 5.56 Å². The van der Waals surface area contributed by atoms with Crippen molar-refractivity contribution >= 4 is 46.9 Å². The number of benzene rings is 1. The average Bonchev–Trinajstić information content (AvgIpc) is 3.21. The van der Waals surface area contributed by atoms with E-state index >= 15 is 0 Å². The molecule has 1 aromatic carbocycles. The van der Waals surface area contributed by atoms with Gasteiger partial charge in [-0.05, 0) is 55.3 Å². The van der Waals surface area contributed by atoms with Crippen LogP contribution in [-0.4, -0.2) is 11.9 Å². The van der Waals surface area contributed by atoms with E-state index in [4.69, 9.17) is 22.1 Å². The zero-order chi connectivity index (χ0) is 15.4. The number of thiophene rings is 1. The van der Waals surface area contributed by atoms with E-state index in [0.717, 1.165) is 34.7 Å². The minimum Gasteiger partial charge on any atom is -0.490 e. The van der Waals surface area contributed by atoms with Gasteiger partial charge in [-0.15, -0.1) is 35.3 Å². The maximum absolute atomic E-state index is 6.07. The van der Waals surface area contributed by atoms with Crippen molar-refractivity contribution in [2.45, 2.75) is 37.7 Å². The molecule has 2 N–H and O–H groups in total. The summed E-state index contributed by atoms with van der Waals surface area (Å²) in [5.74, 6) is 1.81. The lowest BCUT2D eigenvalue weighted by Crippen LogP contribution is -2.12. The predicted molar refractivity (Wildman–Crippen MR) is 101 cm³/mol. The van der Waals surface area contributed by atoms with Crippen molar-refractivity contribution in [2.75, 3.05) is 0 Å². The molecule has 6 heteroatoms. The van der Waals surface area contributed by atoms with Crippen molar-refractivity contribution in [1.29, 1.82) is 0 Å². The maximum Gasteiger partial charge on any atom is 0.141 e. The Labute approximate surface area is 151 Å². The Morgan fingerprint density at radius 2 is 2.09 bits per heavy atom. The lowest BCUT2D eigenvalue weighted by Gasteiger charge is -2.16. The third-order valence-electron chi connectivity index (χ3n) is 3.81. The monoisotopic (exact) mass is 370 g/mol. The summed E-state index contributed by atoms with van der Waals surface area (Å²) in [5, 5.41) is 1.99. The molecule has 0 unspecified atom stereocenters. The van der Waals surface area contributed by atoms with Crippen LogP contribution in [0.15, 0.2) is 40.7 Å². The number of nitrogens with zero attached hydrogens (tertiary/aromatic N) is 1. The first-order valence-electron chi connectivity index (χ1n) is 7.50. The van der Waals surface area contributed by atoms with E-state index in [2.05, 4.69) is 4.99 Å². The molecule has 0 spiro atoms. The molecule has 0 bridgehead atoms. The first-order valence-corrected chi connectivity index (χ1v) is 8.91. The molecule has 3 nitrogen and oxygen atoms in total. The summed E-state index contributed by atoms with van der Waals surface area (Å²) in [6.07, 6.45) is 5.09. The summed E-state index contributed by atoms with van der Waals surface area (Å²) in [5.41, 5.74) is 7.80. The summed E-state index contributed by atoms with van der Waals surface area (Å²) < 4.78 is 6.07. The summed E-state index contributed by atoms with van der Waals surface area (Å²) in [4.78, 5) is 5.44. The third kappa shape index (κ3) is 4.63. The van der Waals surface area contributed by atoms with Gasteiger partial charge >= 0.3 is 0 Å². The maximum atomic E-state index is 6.07. The van der Waals surface area contributed by atoms with Gasteiger partial charge in [-0.3, -0.25) is 0 Å². The highest BCUT2D eigenvalue weighted by Gasteiger charge is 2.18. The van der Waals surface area contributed by atoms with Gasteiger partial charge in [0.25, 0.3) is 0 Å². The smallest absolute Gasteiger partial charge is 0.141 e. The first-order chi connectivity index (χ1) is 10.8. The quantitative estimate of drug-likeness (QED) is 0.442. The lowest BCUT2D eigenvalue weighted by molar-refractivity contribution is 0.208. The fourth-order valence-electron chi connectivity index (χ4n) is 2.66.